The molecule has 2 aromatic rings. The number of nitrogens with zero attached hydrogens (tertiary/aromatic N) is 2. The lowest BCUT2D eigenvalue weighted by atomic mass is 10.2. The highest BCUT2D eigenvalue weighted by Crippen LogP contribution is 2.24. The molecule has 0 spiro atoms. The summed E-state index contributed by atoms with van der Waals surface area (Å²) in [6.45, 7) is 0. The number of carboxylic acids is 1. The summed E-state index contributed by atoms with van der Waals surface area (Å²) in [5.41, 5.74) is 0.806. The average molecular weight is 246 g/mol. The van der Waals surface area contributed by atoms with Gasteiger partial charge in [0.15, 0.2) is 0 Å². The largest absolute Gasteiger partial charge is 0.481 e. The molecule has 1 N–H and O–H groups in total. The minimum atomic E-state index is -0.978. The molecule has 0 atom stereocenters. The van der Waals surface area contributed by atoms with E-state index in [-0.39, 0.29) is 12.1 Å². The molecule has 0 aliphatic heterocycles. The standard InChI is InChI=1S/C12H10N2O4/c15-12(16)8-9-4-3-7-13(9)10-5-1-2-6-11(10)14(17)18/h1-7H,8H2,(H,15,16). The molecule has 0 amide bonds. The number of carbonyl (C=O) groups is 1. The third-order valence-electron chi connectivity index (χ3n) is 2.50. The van der Waals surface area contributed by atoms with Gasteiger partial charge in [0.2, 0.25) is 0 Å². The lowest BCUT2D eigenvalue weighted by Gasteiger charge is -2.08. The number of para-hydroxylation sites is 2. The first kappa shape index (κ1) is 11.8. The summed E-state index contributed by atoms with van der Waals surface area (Å²) in [6.07, 6.45) is 1.43. The van der Waals surface area contributed by atoms with Gasteiger partial charge in [-0.15, -0.1) is 0 Å². The second-order valence-electron chi connectivity index (χ2n) is 3.69. The van der Waals surface area contributed by atoms with Gasteiger partial charge in [0.05, 0.1) is 11.3 Å². The van der Waals surface area contributed by atoms with Crippen molar-refractivity contribution in [2.24, 2.45) is 0 Å². The Morgan fingerprint density at radius 3 is 2.67 bits per heavy atom. The topological polar surface area (TPSA) is 85.4 Å². The molecule has 0 saturated carbocycles. The van der Waals surface area contributed by atoms with Crippen molar-refractivity contribution in [2.45, 2.75) is 6.42 Å². The zero-order valence-electron chi connectivity index (χ0n) is 9.31. The monoisotopic (exact) mass is 246 g/mol. The molecule has 1 heterocycles. The zero-order chi connectivity index (χ0) is 13.1. The Morgan fingerprint density at radius 1 is 1.28 bits per heavy atom. The summed E-state index contributed by atoms with van der Waals surface area (Å²) in [7, 11) is 0. The van der Waals surface area contributed by atoms with E-state index in [2.05, 4.69) is 0 Å². The van der Waals surface area contributed by atoms with Gasteiger partial charge in [-0.25, -0.2) is 0 Å². The first-order valence-corrected chi connectivity index (χ1v) is 5.21. The number of benzene rings is 1. The molecule has 6 nitrogen and oxygen atoms in total. The van der Waals surface area contributed by atoms with Crippen LogP contribution in [-0.4, -0.2) is 20.6 Å². The van der Waals surface area contributed by atoms with Crippen molar-refractivity contribution in [3.63, 3.8) is 0 Å². The van der Waals surface area contributed by atoms with E-state index in [9.17, 15) is 14.9 Å². The molecule has 0 aliphatic carbocycles. The summed E-state index contributed by atoms with van der Waals surface area (Å²) in [5.74, 6) is -0.978. The van der Waals surface area contributed by atoms with Crippen LogP contribution < -0.4 is 0 Å². The van der Waals surface area contributed by atoms with Crippen molar-refractivity contribution >= 4 is 11.7 Å². The molecule has 1 aromatic heterocycles. The number of aromatic nitrogens is 1. The SMILES string of the molecule is O=C(O)Cc1cccn1-c1ccccc1[N+](=O)[O-]. The first-order chi connectivity index (χ1) is 8.59. The second-order valence-corrected chi connectivity index (χ2v) is 3.69. The van der Waals surface area contributed by atoms with Crippen LogP contribution in [0.25, 0.3) is 5.69 Å². The number of nitro groups is 1. The highest BCUT2D eigenvalue weighted by Gasteiger charge is 2.16. The van der Waals surface area contributed by atoms with Crippen molar-refractivity contribution < 1.29 is 14.8 Å². The van der Waals surface area contributed by atoms with Crippen LogP contribution in [0.3, 0.4) is 0 Å². The Bertz CT molecular complexity index is 604. The van der Waals surface area contributed by atoms with Gasteiger partial charge >= 0.3 is 5.97 Å². The molecule has 92 valence electrons. The van der Waals surface area contributed by atoms with E-state index in [1.54, 1.807) is 36.5 Å². The summed E-state index contributed by atoms with van der Waals surface area (Å²) in [6, 6.07) is 9.51. The van der Waals surface area contributed by atoms with Gasteiger partial charge in [-0.1, -0.05) is 12.1 Å². The summed E-state index contributed by atoms with van der Waals surface area (Å²) in [5, 5.41) is 19.7. The normalized spacial score (nSPS) is 10.2. The molecular formula is C12H10N2O4. The molecule has 1 aromatic carbocycles. The van der Waals surface area contributed by atoms with Gasteiger partial charge in [0, 0.05) is 18.0 Å². The van der Waals surface area contributed by atoms with Gasteiger partial charge in [-0.05, 0) is 18.2 Å². The van der Waals surface area contributed by atoms with Gasteiger partial charge in [-0.2, -0.15) is 0 Å². The molecule has 0 saturated heterocycles. The fourth-order valence-electron chi connectivity index (χ4n) is 1.77. The highest BCUT2D eigenvalue weighted by atomic mass is 16.6. The Labute approximate surface area is 102 Å². The van der Waals surface area contributed by atoms with E-state index in [0.29, 0.717) is 11.4 Å². The predicted molar refractivity (Wildman–Crippen MR) is 63.8 cm³/mol. The van der Waals surface area contributed by atoms with Crippen molar-refractivity contribution in [3.05, 3.63) is 58.4 Å². The predicted octanol–water partition coefficient (Wildman–Crippen LogP) is 2.01. The van der Waals surface area contributed by atoms with Crippen LogP contribution in [0.15, 0.2) is 42.6 Å². The molecule has 0 fully saturated rings. The quantitative estimate of drug-likeness (QED) is 0.660. The molecule has 2 rings (SSSR count). The molecule has 0 radical (unpaired) electrons. The van der Waals surface area contributed by atoms with Gasteiger partial charge < -0.3 is 9.67 Å². The van der Waals surface area contributed by atoms with Gasteiger partial charge in [0.1, 0.15) is 5.69 Å². The fourth-order valence-corrected chi connectivity index (χ4v) is 1.77. The molecule has 0 aliphatic rings. The first-order valence-electron chi connectivity index (χ1n) is 5.21. The van der Waals surface area contributed by atoms with Gasteiger partial charge in [-0.3, -0.25) is 14.9 Å². The lowest BCUT2D eigenvalue weighted by molar-refractivity contribution is -0.384. The minimum Gasteiger partial charge on any atom is -0.481 e. The van der Waals surface area contributed by atoms with E-state index in [1.807, 2.05) is 0 Å². The van der Waals surface area contributed by atoms with Crippen LogP contribution in [0, 0.1) is 10.1 Å². The van der Waals surface area contributed by atoms with Crippen molar-refractivity contribution in [2.75, 3.05) is 0 Å². The number of hydrogen-bond donors (Lipinski definition) is 1. The molecule has 6 heteroatoms. The Morgan fingerprint density at radius 2 is 2.00 bits per heavy atom. The highest BCUT2D eigenvalue weighted by molar-refractivity contribution is 5.70. The number of carboxylic acid groups (broad SMARTS) is 1. The average Bonchev–Trinajstić information content (AvgIpc) is 2.76. The smallest absolute Gasteiger partial charge is 0.309 e. The Balaban J connectivity index is 2.52. The Hall–Kier alpha value is -2.63. The summed E-state index contributed by atoms with van der Waals surface area (Å²) in [4.78, 5) is 21.2. The van der Waals surface area contributed by atoms with Crippen molar-refractivity contribution in [1.82, 2.24) is 4.57 Å². The number of hydrogen-bond acceptors (Lipinski definition) is 3. The molecule has 0 unspecified atom stereocenters. The Kier molecular flexibility index (Phi) is 3.09. The van der Waals surface area contributed by atoms with Crippen molar-refractivity contribution in [1.29, 1.82) is 0 Å². The van der Waals surface area contributed by atoms with E-state index >= 15 is 0 Å². The summed E-state index contributed by atoms with van der Waals surface area (Å²) < 4.78 is 1.52. The maximum Gasteiger partial charge on any atom is 0.309 e. The van der Waals surface area contributed by atoms with E-state index < -0.39 is 10.9 Å². The van der Waals surface area contributed by atoms with Crippen molar-refractivity contribution in [3.8, 4) is 5.69 Å². The third kappa shape index (κ3) is 2.22. The maximum absolute atomic E-state index is 10.9. The van der Waals surface area contributed by atoms with E-state index in [1.165, 1.54) is 10.6 Å². The minimum absolute atomic E-state index is 0.0552. The van der Waals surface area contributed by atoms with Crippen LogP contribution >= 0.6 is 0 Å². The zero-order valence-corrected chi connectivity index (χ0v) is 9.31. The molecule has 18 heavy (non-hydrogen) atoms. The molecule has 0 bridgehead atoms. The third-order valence-corrected chi connectivity index (χ3v) is 2.50. The lowest BCUT2D eigenvalue weighted by Crippen LogP contribution is -2.07. The maximum atomic E-state index is 10.9. The number of rotatable bonds is 4. The number of nitro benzene ring substituents is 1. The van der Waals surface area contributed by atoms with E-state index in [4.69, 9.17) is 5.11 Å². The second kappa shape index (κ2) is 4.70. The van der Waals surface area contributed by atoms with E-state index in [0.717, 1.165) is 0 Å². The van der Waals surface area contributed by atoms with Crippen LogP contribution in [0.2, 0.25) is 0 Å². The van der Waals surface area contributed by atoms with Crippen LogP contribution in [0.5, 0.6) is 0 Å². The summed E-state index contributed by atoms with van der Waals surface area (Å²) >= 11 is 0. The molecular weight excluding hydrogens is 236 g/mol. The van der Waals surface area contributed by atoms with Crippen LogP contribution in [0.4, 0.5) is 5.69 Å². The number of aliphatic carboxylic acids is 1. The van der Waals surface area contributed by atoms with Crippen LogP contribution in [-0.2, 0) is 11.2 Å². The fraction of sp³-hybridized carbons (Fsp3) is 0.0833. The van der Waals surface area contributed by atoms with Crippen LogP contribution in [0.1, 0.15) is 5.69 Å². The van der Waals surface area contributed by atoms with Gasteiger partial charge in [0.25, 0.3) is 5.69 Å².